The Balaban J connectivity index is 1.69. The Kier molecular flexibility index (Phi) is 6.50. The van der Waals surface area contributed by atoms with Crippen LogP contribution in [-0.4, -0.2) is 22.0 Å². The number of thiocarbonyl (C=S) groups is 1. The summed E-state index contributed by atoms with van der Waals surface area (Å²) < 4.78 is 0. The van der Waals surface area contributed by atoms with Gasteiger partial charge in [-0.1, -0.05) is 54.6 Å². The molecule has 0 aliphatic heterocycles. The van der Waals surface area contributed by atoms with Crippen LogP contribution in [0.15, 0.2) is 72.8 Å². The van der Waals surface area contributed by atoms with Gasteiger partial charge in [-0.3, -0.25) is 4.79 Å². The molecule has 7 heteroatoms. The average molecular weight is 418 g/mol. The molecule has 1 amide bonds. The van der Waals surface area contributed by atoms with E-state index < -0.39 is 11.0 Å². The molecule has 3 aromatic rings. The predicted octanol–water partition coefficient (Wildman–Crippen LogP) is 4.69. The maximum Gasteiger partial charge on any atom is 0.252 e. The SMILES string of the molecule is O=C(N[C@@H](NC(=S)Nc1cccc2ccccc12)C(Cl)Cl)c1ccccc1. The number of anilines is 1. The Morgan fingerprint density at radius 2 is 1.52 bits per heavy atom. The molecule has 0 radical (unpaired) electrons. The zero-order valence-corrected chi connectivity index (χ0v) is 16.5. The number of hydrogen-bond donors (Lipinski definition) is 3. The Hall–Kier alpha value is -2.34. The van der Waals surface area contributed by atoms with Crippen molar-refractivity contribution >= 4 is 62.9 Å². The van der Waals surface area contributed by atoms with Gasteiger partial charge in [0.15, 0.2) is 5.11 Å². The predicted molar refractivity (Wildman–Crippen MR) is 116 cm³/mol. The highest BCUT2D eigenvalue weighted by Gasteiger charge is 2.21. The van der Waals surface area contributed by atoms with E-state index in [1.807, 2.05) is 48.5 Å². The van der Waals surface area contributed by atoms with Crippen molar-refractivity contribution in [1.29, 1.82) is 0 Å². The van der Waals surface area contributed by atoms with Gasteiger partial charge in [0.2, 0.25) is 0 Å². The van der Waals surface area contributed by atoms with Gasteiger partial charge in [-0.25, -0.2) is 0 Å². The summed E-state index contributed by atoms with van der Waals surface area (Å²) in [5.74, 6) is -0.299. The molecule has 0 aliphatic carbocycles. The molecule has 0 saturated carbocycles. The van der Waals surface area contributed by atoms with E-state index in [0.29, 0.717) is 10.7 Å². The van der Waals surface area contributed by atoms with Crippen molar-refractivity contribution in [3.05, 3.63) is 78.4 Å². The second-order valence-corrected chi connectivity index (χ2v) is 7.35. The molecule has 3 rings (SSSR count). The van der Waals surface area contributed by atoms with E-state index in [9.17, 15) is 4.79 Å². The van der Waals surface area contributed by atoms with E-state index in [1.54, 1.807) is 24.3 Å². The zero-order valence-electron chi connectivity index (χ0n) is 14.2. The number of hydrogen-bond acceptors (Lipinski definition) is 2. The smallest absolute Gasteiger partial charge is 0.252 e. The second-order valence-electron chi connectivity index (χ2n) is 5.78. The highest BCUT2D eigenvalue weighted by molar-refractivity contribution is 7.80. The minimum atomic E-state index is -0.898. The van der Waals surface area contributed by atoms with Gasteiger partial charge < -0.3 is 16.0 Å². The van der Waals surface area contributed by atoms with Crippen LogP contribution >= 0.6 is 35.4 Å². The number of benzene rings is 3. The minimum absolute atomic E-state index is 0.299. The topological polar surface area (TPSA) is 53.2 Å². The summed E-state index contributed by atoms with van der Waals surface area (Å²) in [4.78, 5) is 11.4. The lowest BCUT2D eigenvalue weighted by molar-refractivity contribution is 0.0936. The van der Waals surface area contributed by atoms with Crippen molar-refractivity contribution in [2.24, 2.45) is 0 Å². The lowest BCUT2D eigenvalue weighted by atomic mass is 10.1. The van der Waals surface area contributed by atoms with Crippen molar-refractivity contribution in [1.82, 2.24) is 10.6 Å². The Labute approximate surface area is 172 Å². The van der Waals surface area contributed by atoms with Crippen molar-refractivity contribution in [3.63, 3.8) is 0 Å². The largest absolute Gasteiger partial charge is 0.340 e. The van der Waals surface area contributed by atoms with Gasteiger partial charge in [-0.15, -0.1) is 23.2 Å². The highest BCUT2D eigenvalue weighted by Crippen LogP contribution is 2.22. The summed E-state index contributed by atoms with van der Waals surface area (Å²) in [6, 6.07) is 22.6. The third-order valence-corrected chi connectivity index (χ3v) is 4.62. The number of fused-ring (bicyclic) bond motifs is 1. The highest BCUT2D eigenvalue weighted by atomic mass is 35.5. The molecule has 0 unspecified atom stereocenters. The summed E-state index contributed by atoms with van der Waals surface area (Å²) in [6.07, 6.45) is -0.754. The fourth-order valence-electron chi connectivity index (χ4n) is 2.61. The van der Waals surface area contributed by atoms with Crippen molar-refractivity contribution in [2.45, 2.75) is 11.0 Å². The number of carbonyl (C=O) groups excluding carboxylic acids is 1. The lowest BCUT2D eigenvalue weighted by Gasteiger charge is -2.23. The first-order chi connectivity index (χ1) is 13.0. The van der Waals surface area contributed by atoms with Gasteiger partial charge in [0, 0.05) is 16.6 Å². The van der Waals surface area contributed by atoms with Crippen LogP contribution < -0.4 is 16.0 Å². The summed E-state index contributed by atoms with van der Waals surface area (Å²) in [7, 11) is 0. The first kappa shape index (κ1) is 19.4. The van der Waals surface area contributed by atoms with Crippen molar-refractivity contribution < 1.29 is 4.79 Å². The van der Waals surface area contributed by atoms with Gasteiger partial charge in [-0.2, -0.15) is 0 Å². The third kappa shape index (κ3) is 5.10. The maximum absolute atomic E-state index is 12.3. The average Bonchev–Trinajstić information content (AvgIpc) is 2.68. The first-order valence-electron chi connectivity index (χ1n) is 8.24. The molecule has 4 nitrogen and oxygen atoms in total. The molecule has 0 aliphatic rings. The van der Waals surface area contributed by atoms with Crippen LogP contribution in [0.5, 0.6) is 0 Å². The number of rotatable bonds is 5. The Morgan fingerprint density at radius 1 is 0.852 bits per heavy atom. The summed E-state index contributed by atoms with van der Waals surface area (Å²) in [5, 5.41) is 11.3. The van der Waals surface area contributed by atoms with Gasteiger partial charge in [-0.05, 0) is 35.8 Å². The van der Waals surface area contributed by atoms with E-state index >= 15 is 0 Å². The van der Waals surface area contributed by atoms with Gasteiger partial charge in [0.05, 0.1) is 0 Å². The monoisotopic (exact) mass is 417 g/mol. The Morgan fingerprint density at radius 3 is 2.26 bits per heavy atom. The summed E-state index contributed by atoms with van der Waals surface area (Å²) in [6.45, 7) is 0. The van der Waals surface area contributed by atoms with E-state index in [2.05, 4.69) is 16.0 Å². The molecule has 0 bridgehead atoms. The van der Waals surface area contributed by atoms with Crippen LogP contribution in [0.3, 0.4) is 0 Å². The fourth-order valence-corrected chi connectivity index (χ4v) is 3.10. The molecule has 0 aromatic heterocycles. The molecule has 0 saturated heterocycles. The number of halogens is 2. The molecule has 0 spiro atoms. The maximum atomic E-state index is 12.3. The molecular weight excluding hydrogens is 401 g/mol. The number of carbonyl (C=O) groups is 1. The minimum Gasteiger partial charge on any atom is -0.340 e. The number of amides is 1. The molecule has 138 valence electrons. The van der Waals surface area contributed by atoms with Crippen LogP contribution in [0, 0.1) is 0 Å². The molecule has 0 fully saturated rings. The van der Waals surface area contributed by atoms with Gasteiger partial charge in [0.1, 0.15) is 11.0 Å². The zero-order chi connectivity index (χ0) is 19.2. The molecule has 3 aromatic carbocycles. The molecular formula is C20H17Cl2N3OS. The van der Waals surface area contributed by atoms with E-state index in [1.165, 1.54) is 0 Å². The van der Waals surface area contributed by atoms with Crippen molar-refractivity contribution in [2.75, 3.05) is 5.32 Å². The standard InChI is InChI=1S/C20H17Cl2N3OS/c21-17(22)18(24-19(26)14-8-2-1-3-9-14)25-20(27)23-16-12-6-10-13-7-4-5-11-15(13)16/h1-12,17-18H,(H,24,26)(H2,23,25,27)/t18-/m0/s1. The number of alkyl halides is 2. The molecule has 0 heterocycles. The van der Waals surface area contributed by atoms with Crippen LogP contribution in [0.25, 0.3) is 10.8 Å². The second kappa shape index (κ2) is 9.04. The van der Waals surface area contributed by atoms with E-state index in [4.69, 9.17) is 35.4 Å². The molecule has 1 atom stereocenters. The Bertz CT molecular complexity index is 945. The summed E-state index contributed by atoms with van der Waals surface area (Å²) in [5.41, 5.74) is 1.35. The summed E-state index contributed by atoms with van der Waals surface area (Å²) >= 11 is 17.4. The van der Waals surface area contributed by atoms with Crippen LogP contribution in [0.1, 0.15) is 10.4 Å². The fraction of sp³-hybridized carbons (Fsp3) is 0.100. The normalized spacial score (nSPS) is 11.8. The lowest BCUT2D eigenvalue weighted by Crippen LogP contribution is -2.52. The third-order valence-electron chi connectivity index (χ3n) is 3.90. The van der Waals surface area contributed by atoms with Crippen LogP contribution in [-0.2, 0) is 0 Å². The first-order valence-corrected chi connectivity index (χ1v) is 9.52. The quantitative estimate of drug-likeness (QED) is 0.320. The van der Waals surface area contributed by atoms with E-state index in [0.717, 1.165) is 16.5 Å². The van der Waals surface area contributed by atoms with E-state index in [-0.39, 0.29) is 5.91 Å². The van der Waals surface area contributed by atoms with Gasteiger partial charge in [0.25, 0.3) is 5.91 Å². The van der Waals surface area contributed by atoms with Crippen LogP contribution in [0.4, 0.5) is 5.69 Å². The molecule has 3 N–H and O–H groups in total. The van der Waals surface area contributed by atoms with Crippen LogP contribution in [0.2, 0.25) is 0 Å². The molecule has 27 heavy (non-hydrogen) atoms. The van der Waals surface area contributed by atoms with Gasteiger partial charge >= 0.3 is 0 Å². The number of nitrogens with one attached hydrogen (secondary N) is 3. The van der Waals surface area contributed by atoms with Crippen molar-refractivity contribution in [3.8, 4) is 0 Å².